The van der Waals surface area contributed by atoms with Gasteiger partial charge in [0, 0.05) is 20.8 Å². The number of ether oxygens (including phenoxy) is 4. The second kappa shape index (κ2) is 9.29. The third-order valence-electron chi connectivity index (χ3n) is 2.58. The first-order chi connectivity index (χ1) is 11.3. The molecule has 0 aliphatic heterocycles. The molecule has 0 aliphatic rings. The lowest BCUT2D eigenvalue weighted by molar-refractivity contribution is -0.150. The highest BCUT2D eigenvalue weighted by atomic mass is 16.6. The molecule has 0 atom stereocenters. The second-order valence-corrected chi connectivity index (χ2v) is 4.72. The minimum absolute atomic E-state index is 0.0170. The Balaban J connectivity index is 2.84. The van der Waals surface area contributed by atoms with E-state index in [1.807, 2.05) is 0 Å². The summed E-state index contributed by atoms with van der Waals surface area (Å²) in [6.45, 7) is 3.04. The van der Waals surface area contributed by atoms with Crippen molar-refractivity contribution in [3.05, 3.63) is 29.8 Å². The van der Waals surface area contributed by atoms with Gasteiger partial charge in [-0.2, -0.15) is 0 Å². The molecule has 0 fully saturated rings. The molecule has 0 spiro atoms. The van der Waals surface area contributed by atoms with Crippen LogP contribution < -0.4 is 4.74 Å². The zero-order valence-electron chi connectivity index (χ0n) is 13.6. The van der Waals surface area contributed by atoms with Crippen molar-refractivity contribution in [2.45, 2.75) is 26.9 Å². The summed E-state index contributed by atoms with van der Waals surface area (Å²) in [5, 5.41) is 0. The van der Waals surface area contributed by atoms with Crippen LogP contribution in [-0.4, -0.2) is 43.2 Å². The van der Waals surface area contributed by atoms with Gasteiger partial charge in [-0.3, -0.25) is 14.4 Å². The van der Waals surface area contributed by atoms with Crippen LogP contribution in [0.3, 0.4) is 0 Å². The summed E-state index contributed by atoms with van der Waals surface area (Å²) in [5.74, 6) is -2.50. The predicted octanol–water partition coefficient (Wildman–Crippen LogP) is 1.26. The molecule has 0 radical (unpaired) electrons. The monoisotopic (exact) mass is 338 g/mol. The Morgan fingerprint density at radius 2 is 1.42 bits per heavy atom. The molecule has 0 heterocycles. The van der Waals surface area contributed by atoms with E-state index >= 15 is 0 Å². The number of benzene rings is 1. The van der Waals surface area contributed by atoms with E-state index in [0.29, 0.717) is 0 Å². The second-order valence-electron chi connectivity index (χ2n) is 4.72. The molecular weight excluding hydrogens is 320 g/mol. The van der Waals surface area contributed by atoms with Crippen molar-refractivity contribution in [3.8, 4) is 5.75 Å². The lowest BCUT2D eigenvalue weighted by Crippen LogP contribution is -2.30. The van der Waals surface area contributed by atoms with Crippen molar-refractivity contribution in [3.63, 3.8) is 0 Å². The third kappa shape index (κ3) is 6.91. The Labute approximate surface area is 138 Å². The van der Waals surface area contributed by atoms with Gasteiger partial charge >= 0.3 is 23.9 Å². The summed E-state index contributed by atoms with van der Waals surface area (Å²) < 4.78 is 19.7. The average molecular weight is 338 g/mol. The van der Waals surface area contributed by atoms with E-state index in [1.54, 1.807) is 12.1 Å². The van der Waals surface area contributed by atoms with Crippen molar-refractivity contribution in [1.82, 2.24) is 0 Å². The van der Waals surface area contributed by atoms with E-state index < -0.39 is 30.0 Å². The molecule has 0 aliphatic carbocycles. The van der Waals surface area contributed by atoms with E-state index in [2.05, 4.69) is 0 Å². The number of rotatable bonds is 7. The van der Waals surface area contributed by atoms with E-state index in [-0.39, 0.29) is 24.5 Å². The van der Waals surface area contributed by atoms with Crippen LogP contribution in [0.2, 0.25) is 0 Å². The van der Waals surface area contributed by atoms with Gasteiger partial charge in [0.25, 0.3) is 0 Å². The van der Waals surface area contributed by atoms with Gasteiger partial charge in [-0.25, -0.2) is 4.79 Å². The number of para-hydroxylation sites is 1. The fourth-order valence-electron chi connectivity index (χ4n) is 1.63. The molecule has 1 rings (SSSR count). The van der Waals surface area contributed by atoms with E-state index in [1.165, 1.54) is 32.9 Å². The minimum atomic E-state index is -0.990. The standard InChI is InChI=1S/C16H18O8/c1-10(17)21-8-13(9-22-11(2)18)24-16(20)14-6-4-5-7-15(14)23-12(3)19/h4-7,13H,8-9H2,1-3H3. The number of esters is 4. The summed E-state index contributed by atoms with van der Waals surface area (Å²) in [4.78, 5) is 45.1. The largest absolute Gasteiger partial charge is 0.462 e. The number of hydrogen-bond donors (Lipinski definition) is 0. The SMILES string of the molecule is CC(=O)OCC(COC(C)=O)OC(=O)c1ccccc1OC(C)=O. The Bertz CT molecular complexity index is 604. The van der Waals surface area contributed by atoms with Crippen LogP contribution in [0.25, 0.3) is 0 Å². The fourth-order valence-corrected chi connectivity index (χ4v) is 1.63. The predicted molar refractivity (Wildman–Crippen MR) is 80.2 cm³/mol. The molecule has 8 nitrogen and oxygen atoms in total. The van der Waals surface area contributed by atoms with Gasteiger partial charge in [-0.05, 0) is 12.1 Å². The van der Waals surface area contributed by atoms with Crippen molar-refractivity contribution in [2.24, 2.45) is 0 Å². The van der Waals surface area contributed by atoms with Gasteiger partial charge in [0.1, 0.15) is 24.5 Å². The van der Waals surface area contributed by atoms with Crippen LogP contribution >= 0.6 is 0 Å². The Hall–Kier alpha value is -2.90. The van der Waals surface area contributed by atoms with Gasteiger partial charge in [0.05, 0.1) is 0 Å². The summed E-state index contributed by atoms with van der Waals surface area (Å²) in [7, 11) is 0. The maximum absolute atomic E-state index is 12.3. The maximum Gasteiger partial charge on any atom is 0.342 e. The molecule has 0 bridgehead atoms. The summed E-state index contributed by atoms with van der Waals surface area (Å²) in [6, 6.07) is 6.00. The van der Waals surface area contributed by atoms with Crippen molar-refractivity contribution in [2.75, 3.05) is 13.2 Å². The van der Waals surface area contributed by atoms with Crippen molar-refractivity contribution in [1.29, 1.82) is 0 Å². The zero-order valence-corrected chi connectivity index (χ0v) is 13.6. The minimum Gasteiger partial charge on any atom is -0.462 e. The molecule has 0 saturated heterocycles. The lowest BCUT2D eigenvalue weighted by atomic mass is 10.2. The Morgan fingerprint density at radius 3 is 1.92 bits per heavy atom. The van der Waals surface area contributed by atoms with Crippen molar-refractivity contribution >= 4 is 23.9 Å². The normalized spacial score (nSPS) is 10.0. The summed E-state index contributed by atoms with van der Waals surface area (Å²) >= 11 is 0. The highest BCUT2D eigenvalue weighted by Crippen LogP contribution is 2.20. The number of carbonyl (C=O) groups excluding carboxylic acids is 4. The molecule has 1 aromatic carbocycles. The van der Waals surface area contributed by atoms with Crippen LogP contribution in [0.1, 0.15) is 31.1 Å². The quantitative estimate of drug-likeness (QED) is 0.416. The van der Waals surface area contributed by atoms with E-state index in [4.69, 9.17) is 18.9 Å². The number of carbonyl (C=O) groups is 4. The summed E-state index contributed by atoms with van der Waals surface area (Å²) in [6.07, 6.45) is -0.990. The first-order valence-corrected chi connectivity index (χ1v) is 7.04. The molecule has 0 saturated carbocycles. The van der Waals surface area contributed by atoms with Gasteiger partial charge in [0.15, 0.2) is 6.10 Å². The summed E-state index contributed by atoms with van der Waals surface area (Å²) in [5.41, 5.74) is 0.0170. The van der Waals surface area contributed by atoms with Crippen LogP contribution in [0.15, 0.2) is 24.3 Å². The number of hydrogen-bond acceptors (Lipinski definition) is 8. The van der Waals surface area contributed by atoms with Gasteiger partial charge in [0.2, 0.25) is 0 Å². The smallest absolute Gasteiger partial charge is 0.342 e. The first-order valence-electron chi connectivity index (χ1n) is 7.04. The molecule has 130 valence electrons. The third-order valence-corrected chi connectivity index (χ3v) is 2.58. The zero-order chi connectivity index (χ0) is 18.1. The van der Waals surface area contributed by atoms with Crippen LogP contribution in [-0.2, 0) is 28.6 Å². The molecular formula is C16H18O8. The highest BCUT2D eigenvalue weighted by Gasteiger charge is 2.22. The first kappa shape index (κ1) is 19.1. The molecule has 8 heteroatoms. The fraction of sp³-hybridized carbons (Fsp3) is 0.375. The Morgan fingerprint density at radius 1 is 0.875 bits per heavy atom. The van der Waals surface area contributed by atoms with Crippen LogP contribution in [0.5, 0.6) is 5.75 Å². The van der Waals surface area contributed by atoms with Crippen LogP contribution in [0.4, 0.5) is 0 Å². The molecule has 0 aromatic heterocycles. The molecule has 1 aromatic rings. The van der Waals surface area contributed by atoms with E-state index in [0.717, 1.165) is 0 Å². The molecule has 0 amide bonds. The van der Waals surface area contributed by atoms with Gasteiger partial charge < -0.3 is 18.9 Å². The molecule has 0 unspecified atom stereocenters. The Kier molecular flexibility index (Phi) is 7.41. The van der Waals surface area contributed by atoms with Crippen molar-refractivity contribution < 1.29 is 38.1 Å². The van der Waals surface area contributed by atoms with Gasteiger partial charge in [-0.15, -0.1) is 0 Å². The lowest BCUT2D eigenvalue weighted by Gasteiger charge is -2.18. The molecule has 24 heavy (non-hydrogen) atoms. The highest BCUT2D eigenvalue weighted by molar-refractivity contribution is 5.93. The van der Waals surface area contributed by atoms with E-state index in [9.17, 15) is 19.2 Å². The maximum atomic E-state index is 12.3. The van der Waals surface area contributed by atoms with Gasteiger partial charge in [-0.1, -0.05) is 12.1 Å². The molecule has 0 N–H and O–H groups in total. The van der Waals surface area contributed by atoms with Crippen LogP contribution in [0, 0.1) is 0 Å². The average Bonchev–Trinajstić information content (AvgIpc) is 2.49. The topological polar surface area (TPSA) is 105 Å².